The fourth-order valence-corrected chi connectivity index (χ4v) is 7.41. The summed E-state index contributed by atoms with van der Waals surface area (Å²) in [6, 6.07) is 23.1. The molecule has 5 rings (SSSR count). The summed E-state index contributed by atoms with van der Waals surface area (Å²) in [5.74, 6) is 0.223. The summed E-state index contributed by atoms with van der Waals surface area (Å²) in [4.78, 5) is 55.1. The first-order chi connectivity index (χ1) is 22.1. The van der Waals surface area contributed by atoms with Gasteiger partial charge in [0.1, 0.15) is 11.5 Å². The molecule has 46 heavy (non-hydrogen) atoms. The summed E-state index contributed by atoms with van der Waals surface area (Å²) in [7, 11) is 1.39. The van der Waals surface area contributed by atoms with E-state index in [1.54, 1.807) is 78.9 Å². The van der Waals surface area contributed by atoms with Gasteiger partial charge in [-0.3, -0.25) is 9.59 Å². The fourth-order valence-electron chi connectivity index (χ4n) is 5.39. The molecular formula is C33H31N3O8S2. The van der Waals surface area contributed by atoms with Crippen molar-refractivity contribution in [2.75, 3.05) is 13.8 Å². The Kier molecular flexibility index (Phi) is 9.79. The first-order valence-electron chi connectivity index (χ1n) is 14.4. The van der Waals surface area contributed by atoms with E-state index in [1.165, 1.54) is 18.9 Å². The summed E-state index contributed by atoms with van der Waals surface area (Å²) in [6.45, 7) is 3.33. The van der Waals surface area contributed by atoms with Gasteiger partial charge in [0.2, 0.25) is 6.79 Å². The minimum absolute atomic E-state index is 0.0347. The number of likely N-dealkylation sites (N-methyl/N-ethyl adjacent to an activating group) is 1. The first kappa shape index (κ1) is 32.7. The highest BCUT2D eigenvalue weighted by Crippen LogP contribution is 2.52. The number of hydrogen-bond donors (Lipinski definition) is 0. The van der Waals surface area contributed by atoms with Gasteiger partial charge in [0.05, 0.1) is 12.1 Å². The number of ether oxygens (including phenoxy) is 4. The summed E-state index contributed by atoms with van der Waals surface area (Å²) in [6.07, 6.45) is -0.0458. The van der Waals surface area contributed by atoms with E-state index in [0.29, 0.717) is 47.0 Å². The van der Waals surface area contributed by atoms with Crippen molar-refractivity contribution in [3.05, 3.63) is 84.4 Å². The lowest BCUT2D eigenvalue weighted by Gasteiger charge is -2.55. The van der Waals surface area contributed by atoms with Gasteiger partial charge in [-0.25, -0.2) is 9.59 Å². The molecule has 3 atom stereocenters. The molecule has 1 saturated heterocycles. The van der Waals surface area contributed by atoms with Gasteiger partial charge >= 0.3 is 10.6 Å². The third-order valence-corrected chi connectivity index (χ3v) is 10.0. The Hall–Kier alpha value is -4.67. The van der Waals surface area contributed by atoms with E-state index < -0.39 is 38.2 Å². The first-order valence-corrected chi connectivity index (χ1v) is 16.1. The van der Waals surface area contributed by atoms with Gasteiger partial charge in [0.25, 0.3) is 11.8 Å². The number of amides is 2. The lowest BCUT2D eigenvalue weighted by Crippen LogP contribution is -2.73. The summed E-state index contributed by atoms with van der Waals surface area (Å²) in [5, 5.41) is 8.02. The van der Waals surface area contributed by atoms with E-state index in [-0.39, 0.29) is 31.1 Å². The van der Waals surface area contributed by atoms with Crippen LogP contribution >= 0.6 is 23.5 Å². The molecule has 0 saturated carbocycles. The zero-order valence-electron chi connectivity index (χ0n) is 25.3. The normalized spacial score (nSPS) is 21.0. The van der Waals surface area contributed by atoms with Crippen LogP contribution in [0.3, 0.4) is 0 Å². The van der Waals surface area contributed by atoms with Gasteiger partial charge in [-0.2, -0.15) is 5.26 Å². The molecule has 0 aliphatic carbocycles. The summed E-state index contributed by atoms with van der Waals surface area (Å²) >= 11 is 1.08. The maximum atomic E-state index is 14.9. The van der Waals surface area contributed by atoms with Crippen molar-refractivity contribution in [3.8, 4) is 29.1 Å². The van der Waals surface area contributed by atoms with E-state index in [4.69, 9.17) is 18.9 Å². The Morgan fingerprint density at radius 2 is 1.50 bits per heavy atom. The number of hydrogen-bond acceptors (Lipinski definition) is 11. The molecule has 2 aliphatic heterocycles. The van der Waals surface area contributed by atoms with Crippen LogP contribution in [0.5, 0.6) is 23.0 Å². The average Bonchev–Trinajstić information content (AvgIpc) is 3.53. The number of carbonyl (C=O) groups is 4. The number of nitriles is 1. The Labute approximate surface area is 274 Å². The highest BCUT2D eigenvalue weighted by atomic mass is 32.2. The number of benzene rings is 3. The molecule has 13 heteroatoms. The maximum Gasteiger partial charge on any atom is 0.375 e. The zero-order valence-corrected chi connectivity index (χ0v) is 27.0. The van der Waals surface area contributed by atoms with Gasteiger partial charge in [-0.05, 0) is 78.8 Å². The van der Waals surface area contributed by atoms with Gasteiger partial charge in [0.15, 0.2) is 21.2 Å². The van der Waals surface area contributed by atoms with E-state index in [9.17, 15) is 24.4 Å². The lowest BCUT2D eigenvalue weighted by atomic mass is 9.93. The fraction of sp³-hybridized carbons (Fsp3) is 0.303. The predicted molar refractivity (Wildman–Crippen MR) is 171 cm³/mol. The molecule has 0 spiro atoms. The van der Waals surface area contributed by atoms with Crippen LogP contribution in [0.4, 0.5) is 9.59 Å². The second-order valence-corrected chi connectivity index (χ2v) is 13.1. The smallest absolute Gasteiger partial charge is 0.375 e. The Balaban J connectivity index is 1.60. The molecule has 0 aromatic heterocycles. The highest BCUT2D eigenvalue weighted by Gasteiger charge is 2.64. The number of rotatable bonds is 9. The van der Waals surface area contributed by atoms with Gasteiger partial charge < -0.3 is 28.7 Å². The molecule has 0 N–H and O–H groups in total. The number of carbonyl (C=O) groups excluding carboxylic acids is 4. The van der Waals surface area contributed by atoms with Crippen LogP contribution in [0.15, 0.2) is 78.9 Å². The van der Waals surface area contributed by atoms with Crippen LogP contribution in [-0.4, -0.2) is 55.8 Å². The quantitative estimate of drug-likeness (QED) is 0.225. The molecule has 2 amide bonds. The van der Waals surface area contributed by atoms with Gasteiger partial charge in [-0.1, -0.05) is 49.4 Å². The van der Waals surface area contributed by atoms with Crippen molar-refractivity contribution in [2.24, 2.45) is 0 Å². The predicted octanol–water partition coefficient (Wildman–Crippen LogP) is 6.75. The van der Waals surface area contributed by atoms with Crippen LogP contribution in [0.2, 0.25) is 0 Å². The summed E-state index contributed by atoms with van der Waals surface area (Å²) in [5.41, 5.74) is 0.607. The largest absolute Gasteiger partial charge is 0.454 e. The molecular weight excluding hydrogens is 631 g/mol. The molecule has 11 nitrogen and oxygen atoms in total. The van der Waals surface area contributed by atoms with Crippen molar-refractivity contribution < 1.29 is 38.1 Å². The third-order valence-electron chi connectivity index (χ3n) is 7.76. The Bertz CT molecular complexity index is 1670. The molecule has 2 unspecified atom stereocenters. The van der Waals surface area contributed by atoms with E-state index >= 15 is 0 Å². The molecule has 0 bridgehead atoms. The Morgan fingerprint density at radius 3 is 2.09 bits per heavy atom. The SMILES string of the molecule is CCC(c1ccc2c(c1)OCO2)N1C(=O)[C@](C)(SC(=O)Oc2ccccc2)N(C)C(=O)C1(CCC#N)SC(=O)Oc1ccccc1. The van der Waals surface area contributed by atoms with E-state index in [2.05, 4.69) is 6.07 Å². The van der Waals surface area contributed by atoms with Crippen molar-refractivity contribution in [1.29, 1.82) is 5.26 Å². The van der Waals surface area contributed by atoms with Crippen LogP contribution in [0, 0.1) is 11.3 Å². The lowest BCUT2D eigenvalue weighted by molar-refractivity contribution is -0.167. The second kappa shape index (κ2) is 13.8. The van der Waals surface area contributed by atoms with Crippen LogP contribution in [0.1, 0.15) is 44.7 Å². The maximum absolute atomic E-state index is 14.9. The van der Waals surface area contributed by atoms with Crippen molar-refractivity contribution in [1.82, 2.24) is 9.80 Å². The molecule has 3 aromatic carbocycles. The number of thioether (sulfide) groups is 2. The van der Waals surface area contributed by atoms with Gasteiger partial charge in [-0.15, -0.1) is 0 Å². The molecule has 238 valence electrons. The average molecular weight is 662 g/mol. The molecule has 1 fully saturated rings. The standard InChI is InChI=1S/C33H31N3O8S2/c1-4-25(22-16-17-26-27(20-22)42-21-41-26)36-28(37)32(2,45-30(39)43-23-12-7-5-8-13-23)35(3)29(38)33(36,18-11-19-34)46-31(40)44-24-14-9-6-10-15-24/h5-10,12-17,20,25H,4,11,18,21H2,1-3H3/t25?,32-,33?/m0/s1. The number of fused-ring (bicyclic) bond motifs is 1. The molecule has 2 heterocycles. The van der Waals surface area contributed by atoms with Gasteiger partial charge in [0, 0.05) is 19.9 Å². The minimum atomic E-state index is -1.91. The Morgan fingerprint density at radius 1 is 0.913 bits per heavy atom. The number of piperazine rings is 1. The zero-order chi connectivity index (χ0) is 32.9. The monoisotopic (exact) mass is 661 g/mol. The van der Waals surface area contributed by atoms with Crippen molar-refractivity contribution >= 4 is 45.9 Å². The number of nitrogens with zero attached hydrogens (tertiary/aromatic N) is 3. The van der Waals surface area contributed by atoms with Crippen molar-refractivity contribution in [3.63, 3.8) is 0 Å². The topological polar surface area (TPSA) is 135 Å². The summed E-state index contributed by atoms with van der Waals surface area (Å²) < 4.78 is 22.1. The highest BCUT2D eigenvalue weighted by molar-refractivity contribution is 8.15. The molecule has 2 aliphatic rings. The molecule has 0 radical (unpaired) electrons. The van der Waals surface area contributed by atoms with Crippen LogP contribution in [0.25, 0.3) is 0 Å². The number of para-hydroxylation sites is 2. The minimum Gasteiger partial charge on any atom is -0.454 e. The second-order valence-electron chi connectivity index (χ2n) is 10.5. The van der Waals surface area contributed by atoms with Crippen LogP contribution < -0.4 is 18.9 Å². The third kappa shape index (κ3) is 6.36. The van der Waals surface area contributed by atoms with E-state index in [0.717, 1.165) is 4.90 Å². The van der Waals surface area contributed by atoms with Crippen LogP contribution in [-0.2, 0) is 9.59 Å². The van der Waals surface area contributed by atoms with E-state index in [1.807, 2.05) is 6.92 Å². The molecule has 3 aromatic rings. The van der Waals surface area contributed by atoms with Crippen molar-refractivity contribution in [2.45, 2.75) is 48.9 Å².